The van der Waals surface area contributed by atoms with E-state index in [0.29, 0.717) is 10.6 Å². The first-order chi connectivity index (χ1) is 46.5. The third-order valence-corrected chi connectivity index (χ3v) is 17.7. The van der Waals surface area contributed by atoms with Crippen molar-refractivity contribution >= 4 is 64.9 Å². The Morgan fingerprint density at radius 2 is 1.21 bits per heavy atom. The number of ether oxygens (including phenoxy) is 6. The average Bonchev–Trinajstić information content (AvgIpc) is 1.43. The molecule has 6 heterocycles. The lowest BCUT2D eigenvalue weighted by molar-refractivity contribution is -0.353. The molecule has 25 atom stereocenters. The highest BCUT2D eigenvalue weighted by Gasteiger charge is 2.55. The van der Waals surface area contributed by atoms with Crippen molar-refractivity contribution in [2.24, 2.45) is 27.4 Å². The maximum absolute atomic E-state index is 15.2. The van der Waals surface area contributed by atoms with Crippen LogP contribution in [0, 0.1) is 5.92 Å². The van der Waals surface area contributed by atoms with Crippen LogP contribution in [0.1, 0.15) is 44.2 Å². The zero-order valence-corrected chi connectivity index (χ0v) is 53.7. The number of benzene rings is 2. The number of aliphatic hydroxyl groups excluding tert-OH is 13. The summed E-state index contributed by atoms with van der Waals surface area (Å²) < 4.78 is 34.1. The fourth-order valence-electron chi connectivity index (χ4n) is 11.9. The minimum atomic E-state index is -2.36. The van der Waals surface area contributed by atoms with Crippen LogP contribution in [0.2, 0.25) is 5.02 Å². The third-order valence-electron chi connectivity index (χ3n) is 17.4. The van der Waals surface area contributed by atoms with Gasteiger partial charge >= 0.3 is 5.97 Å². The second-order valence-electron chi connectivity index (χ2n) is 24.8. The van der Waals surface area contributed by atoms with Crippen LogP contribution < -0.4 is 53.4 Å². The Morgan fingerprint density at radius 3 is 1.84 bits per heavy atom. The summed E-state index contributed by atoms with van der Waals surface area (Å²) in [5.41, 5.74) is 12.7. The lowest BCUT2D eigenvalue weighted by atomic mass is 9.92. The molecule has 0 aromatic heterocycles. The first-order valence-corrected chi connectivity index (χ1v) is 31.7. The Labute approximate surface area is 563 Å². The number of aliphatic imine (C=N–C) groups is 2. The number of hydrogen-bond acceptors (Lipinski definition) is 32. The van der Waals surface area contributed by atoms with Crippen molar-refractivity contribution in [3.05, 3.63) is 64.7 Å². The van der Waals surface area contributed by atoms with Crippen molar-refractivity contribution < 1.29 is 128 Å². The predicted octanol–water partition coefficient (Wildman–Crippen LogP) is -11.4. The molecule has 544 valence electrons. The largest absolute Gasteiger partial charge is 0.462 e. The molecule has 5 unspecified atom stereocenters. The molecule has 38 nitrogen and oxygen atoms in total. The fourth-order valence-corrected chi connectivity index (χ4v) is 12.0. The quantitative estimate of drug-likeness (QED) is 0.0547. The number of hydrogen-bond donors (Lipinski definition) is 22. The number of nitrogens with two attached hydrogens (primary N) is 2. The van der Waals surface area contributed by atoms with Gasteiger partial charge in [-0.05, 0) is 41.3 Å². The lowest BCUT2D eigenvalue weighted by Gasteiger charge is -2.46. The van der Waals surface area contributed by atoms with Gasteiger partial charge in [-0.15, -0.1) is 0 Å². The topological polar surface area (TPSA) is 602 Å². The van der Waals surface area contributed by atoms with Crippen LogP contribution in [-0.2, 0) is 63.7 Å². The smallest absolute Gasteiger partial charge is 0.306 e. The highest BCUT2D eigenvalue weighted by Crippen LogP contribution is 2.33. The molecule has 6 aliphatic rings. The van der Waals surface area contributed by atoms with E-state index in [0.717, 1.165) is 4.90 Å². The Hall–Kier alpha value is -7.32. The summed E-state index contributed by atoms with van der Waals surface area (Å²) in [5.74, 6) is -10.2. The van der Waals surface area contributed by atoms with Gasteiger partial charge in [-0.25, -0.2) is 0 Å². The highest BCUT2D eigenvalue weighted by molar-refractivity contribution is 6.30. The SMILES string of the molecule is CC(C)CC(=O)O[C@@H]1[C@H](O)[C@@H](O[C@H]2[C@H](O)[C@H](O)[C@@H](Oc3ccc(C[C@H]4NC(=O)[C@H](C(C)c5ccc(Cl)cc5)NC(=O)CNC(=O)[C@H](CO)NC(=O)[C@@H](C(O)C5CN=C(N)N5[C@H]5O[C@H](CO)[C@@H](O)[C@H](O)[C@@H]5O)NC(=O)[C@H](C(O)C5CN=C(N)N5)NC4=O)cc3)O[C@@H]2CO)O[C@H](CO)[C@H]1O. The first-order valence-electron chi connectivity index (χ1n) is 31.3. The van der Waals surface area contributed by atoms with Crippen molar-refractivity contribution in [1.29, 1.82) is 0 Å². The fraction of sp³-hybridized carbons (Fsp3) is 0.644. The molecule has 0 bridgehead atoms. The second kappa shape index (κ2) is 33.7. The maximum Gasteiger partial charge on any atom is 0.306 e. The zero-order valence-electron chi connectivity index (χ0n) is 53.0. The molecule has 0 aliphatic carbocycles. The normalized spacial score (nSPS) is 35.7. The molecular weight excluding hydrogens is 1330 g/mol. The number of guanidine groups is 2. The van der Waals surface area contributed by atoms with Crippen LogP contribution >= 0.6 is 11.6 Å². The van der Waals surface area contributed by atoms with Gasteiger partial charge in [-0.1, -0.05) is 56.6 Å². The molecule has 6 aliphatic heterocycles. The van der Waals surface area contributed by atoms with Crippen LogP contribution in [0.5, 0.6) is 5.75 Å². The first kappa shape index (κ1) is 76.4. The molecule has 4 fully saturated rings. The Morgan fingerprint density at radius 1 is 0.612 bits per heavy atom. The Kier molecular flexibility index (Phi) is 26.3. The number of esters is 1. The zero-order chi connectivity index (χ0) is 71.7. The third kappa shape index (κ3) is 17.8. The Balaban J connectivity index is 1.10. The molecule has 2 aromatic carbocycles. The van der Waals surface area contributed by atoms with Gasteiger partial charge in [0.25, 0.3) is 0 Å². The van der Waals surface area contributed by atoms with Gasteiger partial charge in [-0.2, -0.15) is 0 Å². The monoisotopic (exact) mass is 1410 g/mol. The van der Waals surface area contributed by atoms with E-state index < -0.39 is 246 Å². The molecule has 39 heteroatoms. The summed E-state index contributed by atoms with van der Waals surface area (Å²) >= 11 is 6.19. The number of carbonyl (C=O) groups excluding carboxylic acids is 7. The number of halogens is 1. The van der Waals surface area contributed by atoms with Crippen molar-refractivity contribution in [2.45, 2.75) is 186 Å². The Bertz CT molecular complexity index is 3160. The summed E-state index contributed by atoms with van der Waals surface area (Å²) in [4.78, 5) is 109. The van der Waals surface area contributed by atoms with Crippen LogP contribution in [0.15, 0.2) is 58.5 Å². The lowest BCUT2D eigenvalue weighted by Crippen LogP contribution is -2.70. The van der Waals surface area contributed by atoms with E-state index in [1.54, 1.807) is 26.0 Å². The number of nitrogens with zero attached hydrogens (tertiary/aromatic N) is 3. The van der Waals surface area contributed by atoms with Gasteiger partial charge in [0.2, 0.25) is 41.7 Å². The van der Waals surface area contributed by atoms with Crippen molar-refractivity contribution in [3.63, 3.8) is 0 Å². The number of nitrogens with one attached hydrogen (secondary N) is 7. The molecule has 24 N–H and O–H groups in total. The molecule has 0 radical (unpaired) electrons. The standard InChI is InChI=1S/C59H85ClN12O26/c1-21(2)12-35(78)97-49-42(82)32(19-75)95-57(47(49)87)98-48-33(20-76)96-56(46(86)44(48)84)93-26-10-4-23(5-11-26)13-27-51(89)70-37(39(79)28-14-64-58(61)68-28)54(92)71-38(40(80)30-15-65-59(62)72(30)55-45(85)43(83)41(81)31(18-74)94-55)53(91)67-29(17-73)50(88)63-16-34(77)69-36(52(90)66-27)22(3)24-6-8-25(60)9-7-24/h4-11,21-22,27-33,36-49,55-57,73-76,79-87H,12-20H2,1-3H3,(H2,62,65)(H,63,88)(H,66,90)(H,67,91)(H,69,77)(H,70,89)(H,71,92)(H3,61,64,68)/t22?,27-,28?,29+,30?,31-,32-,33-,36+,37+,38-,39?,40?,41-,42-,43+,44-,45+,46+,47+,48-,49+,55+,56+,57-/m1/s1. The van der Waals surface area contributed by atoms with Gasteiger partial charge in [0, 0.05) is 23.8 Å². The predicted molar refractivity (Wildman–Crippen MR) is 331 cm³/mol. The number of carbonyl (C=O) groups is 7. The van der Waals surface area contributed by atoms with Crippen molar-refractivity contribution in [1.82, 2.24) is 42.1 Å². The molecule has 8 rings (SSSR count). The van der Waals surface area contributed by atoms with Crippen LogP contribution in [0.25, 0.3) is 0 Å². The maximum atomic E-state index is 15.2. The molecule has 0 spiro atoms. The highest BCUT2D eigenvalue weighted by atomic mass is 35.5. The van der Waals surface area contributed by atoms with E-state index in [1.165, 1.54) is 43.3 Å². The van der Waals surface area contributed by atoms with Crippen LogP contribution in [-0.4, -0.2) is 317 Å². The van der Waals surface area contributed by atoms with Crippen molar-refractivity contribution in [2.75, 3.05) is 46.1 Å². The molecule has 98 heavy (non-hydrogen) atoms. The second-order valence-corrected chi connectivity index (χ2v) is 25.2. The molecular formula is C59H85ClN12O26. The summed E-state index contributed by atoms with van der Waals surface area (Å²) in [6.45, 7) is -0.701. The van der Waals surface area contributed by atoms with Gasteiger partial charge in [0.15, 0.2) is 30.5 Å². The number of aliphatic hydroxyl groups is 13. The molecule has 2 aromatic rings. The number of rotatable bonds is 20. The van der Waals surface area contributed by atoms with Gasteiger partial charge in [0.05, 0.1) is 58.1 Å². The minimum absolute atomic E-state index is 0.0950. The molecule has 0 saturated carbocycles. The van der Waals surface area contributed by atoms with Crippen LogP contribution in [0.3, 0.4) is 0 Å². The molecule has 4 saturated heterocycles. The van der Waals surface area contributed by atoms with E-state index in [1.807, 2.05) is 0 Å². The van der Waals surface area contributed by atoms with Gasteiger partial charge in [0.1, 0.15) is 115 Å². The van der Waals surface area contributed by atoms with Crippen LogP contribution in [0.4, 0.5) is 0 Å². The van der Waals surface area contributed by atoms with E-state index in [4.69, 9.17) is 51.5 Å². The summed E-state index contributed by atoms with van der Waals surface area (Å²) in [6.07, 6.45) is -32.1. The van der Waals surface area contributed by atoms with E-state index in [-0.39, 0.29) is 36.2 Å². The van der Waals surface area contributed by atoms with E-state index in [9.17, 15) is 90.4 Å². The average molecular weight is 1410 g/mol. The summed E-state index contributed by atoms with van der Waals surface area (Å²) in [5, 5.41) is 160. The minimum Gasteiger partial charge on any atom is -0.462 e. The summed E-state index contributed by atoms with van der Waals surface area (Å²) in [7, 11) is 0. The molecule has 6 amide bonds. The van der Waals surface area contributed by atoms with E-state index in [2.05, 4.69) is 47.2 Å². The summed E-state index contributed by atoms with van der Waals surface area (Å²) in [6, 6.07) is -1.61. The number of amides is 6. The van der Waals surface area contributed by atoms with Gasteiger partial charge < -0.3 is 148 Å². The van der Waals surface area contributed by atoms with Gasteiger partial charge in [-0.3, -0.25) is 43.5 Å². The van der Waals surface area contributed by atoms with Crippen molar-refractivity contribution in [3.8, 4) is 5.75 Å². The van der Waals surface area contributed by atoms with E-state index >= 15 is 9.59 Å².